The number of aliphatic hydroxyl groups is 1. The van der Waals surface area contributed by atoms with Crippen molar-refractivity contribution in [2.24, 2.45) is 11.5 Å². The lowest BCUT2D eigenvalue weighted by atomic mass is 10.1. The van der Waals surface area contributed by atoms with Crippen LogP contribution in [-0.4, -0.2) is 103 Å². The Kier molecular flexibility index (Phi) is 28.4. The molecule has 0 aliphatic carbocycles. The third-order valence-electron chi connectivity index (χ3n) is 15.1. The average molecular weight is 1470 g/mol. The van der Waals surface area contributed by atoms with Crippen LogP contribution in [0, 0.1) is 24.0 Å². The minimum atomic E-state index is -4.14. The number of anilines is 6. The molecule has 11 N–H and O–H groups in total. The summed E-state index contributed by atoms with van der Waals surface area (Å²) in [6.07, 6.45) is 0.261. The van der Waals surface area contributed by atoms with Crippen molar-refractivity contribution in [1.29, 1.82) is 0 Å². The van der Waals surface area contributed by atoms with Crippen LogP contribution in [0.2, 0.25) is 0 Å². The van der Waals surface area contributed by atoms with Gasteiger partial charge in [0.25, 0.3) is 23.4 Å². The monoisotopic (exact) mass is 1470 g/mol. The number of para-hydroxylation sites is 6. The number of aryl methyl sites for hydroxylation is 2. The van der Waals surface area contributed by atoms with E-state index in [1.54, 1.807) is 140 Å². The van der Waals surface area contributed by atoms with Crippen LogP contribution < -0.4 is 57.6 Å². The van der Waals surface area contributed by atoms with Crippen LogP contribution in [-0.2, 0) is 35.7 Å². The van der Waals surface area contributed by atoms with Gasteiger partial charge in [0.15, 0.2) is 0 Å². The van der Waals surface area contributed by atoms with Crippen molar-refractivity contribution in [3.63, 3.8) is 0 Å². The summed E-state index contributed by atoms with van der Waals surface area (Å²) in [5, 5.41) is 36.9. The van der Waals surface area contributed by atoms with Crippen LogP contribution in [0.4, 0.5) is 39.8 Å². The van der Waals surface area contributed by atoms with Crippen molar-refractivity contribution in [2.45, 2.75) is 55.7 Å². The number of aliphatic hydroxyl groups excluding tert-OH is 1. The van der Waals surface area contributed by atoms with E-state index in [0.29, 0.717) is 61.0 Å². The summed E-state index contributed by atoms with van der Waals surface area (Å²) in [6.45, 7) is 3.53. The fraction of sp³-hybridized carbons (Fsp3) is 0.133. The number of ether oxygens (including phenoxy) is 3. The first-order valence-electron chi connectivity index (χ1n) is 31.2. The minimum Gasteiger partial charge on any atom is -0.495 e. The Balaban J connectivity index is 0.000000217. The molecule has 0 fully saturated rings. The number of hydrogen-bond donors (Lipinski definition) is 9. The van der Waals surface area contributed by atoms with E-state index in [2.05, 4.69) is 31.9 Å². The lowest BCUT2D eigenvalue weighted by Gasteiger charge is -2.18. The number of carbonyl (C=O) groups is 5. The summed E-state index contributed by atoms with van der Waals surface area (Å²) in [5.74, 6) is -1.59. The van der Waals surface area contributed by atoms with Crippen LogP contribution in [0.15, 0.2) is 260 Å². The lowest BCUT2D eigenvalue weighted by Crippen LogP contribution is -2.38. The number of nitro groups is 1. The molecule has 0 saturated heterocycles. The van der Waals surface area contributed by atoms with E-state index in [0.717, 1.165) is 16.7 Å². The number of rotatable bonds is 26. The molecular formula is C75H74ClN9O15S3. The number of methoxy groups -OCH3 is 3. The van der Waals surface area contributed by atoms with Gasteiger partial charge in [-0.3, -0.25) is 34.1 Å². The normalized spacial score (nSPS) is 11.0. The van der Waals surface area contributed by atoms with E-state index < -0.39 is 60.2 Å². The third-order valence-corrected chi connectivity index (χ3v) is 19.8. The summed E-state index contributed by atoms with van der Waals surface area (Å²) in [5.41, 5.74) is 16.1. The Morgan fingerprint density at radius 3 is 1.33 bits per heavy atom. The van der Waals surface area contributed by atoms with E-state index in [1.165, 1.54) is 93.8 Å². The van der Waals surface area contributed by atoms with Gasteiger partial charge in [0, 0.05) is 39.8 Å². The van der Waals surface area contributed by atoms with Crippen LogP contribution in [0.1, 0.15) is 47.8 Å². The van der Waals surface area contributed by atoms with Crippen molar-refractivity contribution >= 4 is 113 Å². The van der Waals surface area contributed by atoms with Gasteiger partial charge in [-0.1, -0.05) is 132 Å². The first kappa shape index (κ1) is 78.7. The number of amides is 5. The van der Waals surface area contributed by atoms with Gasteiger partial charge in [0.05, 0.1) is 104 Å². The molecule has 5 amide bonds. The number of non-ortho nitro benzene ring substituents is 1. The van der Waals surface area contributed by atoms with Gasteiger partial charge >= 0.3 is 0 Å². The highest BCUT2D eigenvalue weighted by molar-refractivity contribution is 7.99. The molecule has 1 unspecified atom stereocenters. The summed E-state index contributed by atoms with van der Waals surface area (Å²) in [4.78, 5) is 76.0. The molecule has 24 nitrogen and oxygen atoms in total. The van der Waals surface area contributed by atoms with E-state index in [9.17, 15) is 56.0 Å². The van der Waals surface area contributed by atoms with Gasteiger partial charge in [-0.2, -0.15) is 0 Å². The molecule has 0 aliphatic rings. The summed E-state index contributed by atoms with van der Waals surface area (Å²) >= 11 is 1.26. The molecule has 0 radical (unpaired) electrons. The van der Waals surface area contributed by atoms with E-state index in [1.807, 2.05) is 44.2 Å². The predicted molar refractivity (Wildman–Crippen MR) is 400 cm³/mol. The topological polar surface area (TPSA) is 369 Å². The Hall–Kier alpha value is -11.6. The van der Waals surface area contributed by atoms with Crippen LogP contribution in [0.5, 0.6) is 17.2 Å². The number of carbonyl (C=O) groups excluding carboxylic acids is 5. The molecule has 10 aromatic rings. The molecule has 0 heterocycles. The molecule has 0 aliphatic heterocycles. The van der Waals surface area contributed by atoms with Gasteiger partial charge in [-0.25, -0.2) is 16.8 Å². The number of halogens is 1. The zero-order valence-electron chi connectivity index (χ0n) is 56.2. The summed E-state index contributed by atoms with van der Waals surface area (Å²) in [6, 6.07) is 61.6. The quantitative estimate of drug-likeness (QED) is 0.0180. The summed E-state index contributed by atoms with van der Waals surface area (Å²) < 4.78 is 70.1. The highest BCUT2D eigenvalue weighted by atomic mass is 35.5. The fourth-order valence-corrected chi connectivity index (χ4v) is 14.0. The maximum absolute atomic E-state index is 13.7. The molecule has 534 valence electrons. The fourth-order valence-electron chi connectivity index (χ4n) is 10.0. The molecule has 0 saturated carbocycles. The second-order valence-corrected chi connectivity index (χ2v) is 27.2. The highest BCUT2D eigenvalue weighted by Crippen LogP contribution is 2.38. The van der Waals surface area contributed by atoms with E-state index in [4.69, 9.17) is 25.7 Å². The Morgan fingerprint density at radius 2 is 0.893 bits per heavy atom. The molecule has 103 heavy (non-hydrogen) atoms. The number of sulfone groups is 2. The van der Waals surface area contributed by atoms with Crippen molar-refractivity contribution in [3.05, 3.63) is 274 Å². The zero-order chi connectivity index (χ0) is 73.5. The van der Waals surface area contributed by atoms with Gasteiger partial charge < -0.3 is 62.7 Å². The smallest absolute Gasteiger partial charge is 0.269 e. The standard InChI is InChI=1S/C30H29N3O5S.C23H24N2O5S.C22H20N4O5S.ClH/c1-20-15-17-22(18-16-20)39(36,37)27-14-8-12-25(33-29(34)23(31)19-21-9-4-3-5-10-21)28(27)30(35)32-24-11-6-7-13-26(24)38-2;1-16-10-12-17(13-11-16)31(28,29)21-9-5-7-19(24-14-15-26)22(21)23(27)25-18-6-3-4-8-20(18)30-2;1-31-18-7-3-2-5-16(18)25-22(28)21-17(24-13-20(23)27)6-4-8-19(21)32-15-11-9-14(10-12-15)26(29)30;/h3-18,23H,19,31H2,1-2H3,(H,32,35)(H,33,34);3-13,24,26H,14-15H2,1-2H3,(H,25,27);2-12,24H,13H2,1H3,(H2,23,27)(H,25,28);1H. The Morgan fingerprint density at radius 1 is 0.495 bits per heavy atom. The average Bonchev–Trinajstić information content (AvgIpc) is 0.775. The SMILES string of the molecule is COc1ccccc1NC(=O)c1c(NC(=O)C(N)Cc2ccccc2)cccc1S(=O)(=O)c1ccc(C)cc1.COc1ccccc1NC(=O)c1c(NCC(N)=O)cccc1Sc1ccc([N+](=O)[O-])cc1.COc1ccccc1NC(=O)c1c(NCCO)cccc1S(=O)(=O)c1ccc(C)cc1.Cl. The Bertz CT molecular complexity index is 4890. The van der Waals surface area contributed by atoms with Crippen LogP contribution in [0.25, 0.3) is 0 Å². The lowest BCUT2D eigenvalue weighted by molar-refractivity contribution is -0.384. The highest BCUT2D eigenvalue weighted by Gasteiger charge is 2.31. The number of nitrogens with two attached hydrogens (primary N) is 2. The molecular weight excluding hydrogens is 1400 g/mol. The number of nitrogens with one attached hydrogen (secondary N) is 6. The van der Waals surface area contributed by atoms with Gasteiger partial charge in [-0.05, 0) is 135 Å². The molecule has 1 atom stereocenters. The number of hydrogen-bond acceptors (Lipinski definition) is 19. The number of nitro benzene ring substituents is 1. The van der Waals surface area contributed by atoms with Crippen LogP contribution >= 0.6 is 24.2 Å². The van der Waals surface area contributed by atoms with Crippen molar-refractivity contribution in [1.82, 2.24) is 0 Å². The van der Waals surface area contributed by atoms with Crippen molar-refractivity contribution in [2.75, 3.05) is 72.9 Å². The Labute approximate surface area is 606 Å². The molecule has 0 spiro atoms. The number of nitrogens with zero attached hydrogens (tertiary/aromatic N) is 1. The second-order valence-electron chi connectivity index (χ2n) is 22.2. The molecule has 0 aromatic heterocycles. The molecule has 10 rings (SSSR count). The predicted octanol–water partition coefficient (Wildman–Crippen LogP) is 12.4. The first-order valence-corrected chi connectivity index (χ1v) is 35.0. The van der Waals surface area contributed by atoms with Crippen molar-refractivity contribution < 1.29 is 65.0 Å². The summed E-state index contributed by atoms with van der Waals surface area (Å²) in [7, 11) is -3.68. The molecule has 10 aromatic carbocycles. The van der Waals surface area contributed by atoms with E-state index in [-0.39, 0.29) is 80.6 Å². The van der Waals surface area contributed by atoms with Crippen LogP contribution in [0.3, 0.4) is 0 Å². The van der Waals surface area contributed by atoms with Crippen molar-refractivity contribution in [3.8, 4) is 17.2 Å². The third kappa shape index (κ3) is 20.8. The minimum absolute atomic E-state index is 0. The second kappa shape index (κ2) is 37.2. The maximum Gasteiger partial charge on any atom is 0.269 e. The maximum atomic E-state index is 13.7. The number of primary amides is 1. The molecule has 28 heteroatoms. The zero-order valence-corrected chi connectivity index (χ0v) is 59.5. The van der Waals surface area contributed by atoms with Gasteiger partial charge in [0.2, 0.25) is 31.5 Å². The van der Waals surface area contributed by atoms with E-state index >= 15 is 0 Å². The van der Waals surface area contributed by atoms with Gasteiger partial charge in [-0.15, -0.1) is 12.4 Å². The largest absolute Gasteiger partial charge is 0.495 e. The number of benzene rings is 10. The molecule has 0 bridgehead atoms. The first-order chi connectivity index (χ1) is 49.0. The van der Waals surface area contributed by atoms with Gasteiger partial charge in [0.1, 0.15) is 17.2 Å².